The van der Waals surface area contributed by atoms with Crippen LogP contribution in [-0.2, 0) is 6.54 Å². The van der Waals surface area contributed by atoms with Gasteiger partial charge in [0.2, 0.25) is 0 Å². The van der Waals surface area contributed by atoms with Crippen LogP contribution in [0.3, 0.4) is 0 Å². The fourth-order valence-electron chi connectivity index (χ4n) is 3.00. The number of anilines is 1. The fraction of sp³-hybridized carbons (Fsp3) is 0.733. The van der Waals surface area contributed by atoms with E-state index >= 15 is 0 Å². The Hall–Kier alpha value is -1.36. The summed E-state index contributed by atoms with van der Waals surface area (Å²) in [6.45, 7) is 9.90. The molecule has 1 aromatic heterocycles. The predicted octanol–water partition coefficient (Wildman–Crippen LogP) is 1.48. The first kappa shape index (κ1) is 15.0. The van der Waals surface area contributed by atoms with E-state index in [4.69, 9.17) is 0 Å². The minimum atomic E-state index is 0.0340. The van der Waals surface area contributed by atoms with Gasteiger partial charge in [0.15, 0.2) is 5.82 Å². The Kier molecular flexibility index (Phi) is 5.17. The zero-order chi connectivity index (χ0) is 14.5. The Morgan fingerprint density at radius 3 is 3.00 bits per heavy atom. The van der Waals surface area contributed by atoms with Crippen LogP contribution in [0.4, 0.5) is 5.82 Å². The molecule has 0 aromatic carbocycles. The minimum absolute atomic E-state index is 0.0340. The van der Waals surface area contributed by atoms with E-state index in [1.54, 1.807) is 17.0 Å². The normalized spacial score (nSPS) is 20.9. The SMILES string of the molecule is CCNC(C)C1CCCN(c2nccn(CC)c2=O)C1. The maximum atomic E-state index is 12.3. The van der Waals surface area contributed by atoms with Crippen LogP contribution in [-0.4, -0.2) is 35.2 Å². The fourth-order valence-corrected chi connectivity index (χ4v) is 3.00. The van der Waals surface area contributed by atoms with Gasteiger partial charge in [-0.05, 0) is 39.2 Å². The minimum Gasteiger partial charge on any atom is -0.352 e. The molecule has 1 aromatic rings. The molecule has 5 nitrogen and oxygen atoms in total. The molecule has 0 bridgehead atoms. The molecule has 0 amide bonds. The number of hydrogen-bond acceptors (Lipinski definition) is 4. The molecule has 2 heterocycles. The third kappa shape index (κ3) is 3.20. The number of rotatable bonds is 5. The molecule has 2 rings (SSSR count). The molecule has 0 spiro atoms. The molecule has 1 fully saturated rings. The highest BCUT2D eigenvalue weighted by Crippen LogP contribution is 2.22. The molecular weight excluding hydrogens is 252 g/mol. The van der Waals surface area contributed by atoms with Crippen molar-refractivity contribution >= 4 is 5.82 Å². The maximum absolute atomic E-state index is 12.3. The lowest BCUT2D eigenvalue weighted by molar-refractivity contribution is 0.323. The first-order valence-electron chi connectivity index (χ1n) is 7.71. The van der Waals surface area contributed by atoms with Gasteiger partial charge >= 0.3 is 0 Å². The van der Waals surface area contributed by atoms with Gasteiger partial charge in [-0.3, -0.25) is 4.79 Å². The van der Waals surface area contributed by atoms with E-state index in [0.29, 0.717) is 24.3 Å². The molecule has 1 saturated heterocycles. The van der Waals surface area contributed by atoms with Crippen molar-refractivity contribution in [2.75, 3.05) is 24.5 Å². The Balaban J connectivity index is 2.15. The van der Waals surface area contributed by atoms with Crippen molar-refractivity contribution in [2.24, 2.45) is 5.92 Å². The highest BCUT2D eigenvalue weighted by molar-refractivity contribution is 5.36. The zero-order valence-corrected chi connectivity index (χ0v) is 12.8. The highest BCUT2D eigenvalue weighted by Gasteiger charge is 2.26. The number of nitrogens with one attached hydrogen (secondary N) is 1. The molecule has 1 aliphatic rings. The van der Waals surface area contributed by atoms with Gasteiger partial charge in [0.05, 0.1) is 0 Å². The molecular formula is C15H26N4O. The first-order chi connectivity index (χ1) is 9.67. The summed E-state index contributed by atoms with van der Waals surface area (Å²) < 4.78 is 1.72. The van der Waals surface area contributed by atoms with Gasteiger partial charge in [0.1, 0.15) is 0 Å². The van der Waals surface area contributed by atoms with Gasteiger partial charge in [-0.2, -0.15) is 0 Å². The summed E-state index contributed by atoms with van der Waals surface area (Å²) in [5, 5.41) is 3.49. The van der Waals surface area contributed by atoms with Crippen molar-refractivity contribution in [1.29, 1.82) is 0 Å². The second-order valence-electron chi connectivity index (χ2n) is 5.54. The van der Waals surface area contributed by atoms with Crippen LogP contribution in [0.2, 0.25) is 0 Å². The number of piperidine rings is 1. The molecule has 1 aliphatic heterocycles. The molecule has 0 saturated carbocycles. The van der Waals surface area contributed by atoms with E-state index in [1.807, 2.05) is 6.92 Å². The summed E-state index contributed by atoms with van der Waals surface area (Å²) in [6, 6.07) is 0.486. The van der Waals surface area contributed by atoms with Gasteiger partial charge in [-0.25, -0.2) is 4.98 Å². The van der Waals surface area contributed by atoms with Crippen LogP contribution in [0.5, 0.6) is 0 Å². The summed E-state index contributed by atoms with van der Waals surface area (Å²) in [6.07, 6.45) is 5.84. The zero-order valence-electron chi connectivity index (χ0n) is 12.8. The number of aryl methyl sites for hydroxylation is 1. The Morgan fingerprint density at radius 1 is 1.50 bits per heavy atom. The highest BCUT2D eigenvalue weighted by atomic mass is 16.1. The molecule has 0 aliphatic carbocycles. The van der Waals surface area contributed by atoms with Gasteiger partial charge in [-0.15, -0.1) is 0 Å². The average molecular weight is 278 g/mol. The van der Waals surface area contributed by atoms with Crippen LogP contribution in [0.15, 0.2) is 17.2 Å². The van der Waals surface area contributed by atoms with Crippen molar-refractivity contribution in [3.63, 3.8) is 0 Å². The molecule has 0 radical (unpaired) electrons. The van der Waals surface area contributed by atoms with E-state index in [2.05, 4.69) is 29.0 Å². The average Bonchev–Trinajstić information content (AvgIpc) is 2.48. The molecule has 2 atom stereocenters. The van der Waals surface area contributed by atoms with Crippen molar-refractivity contribution in [3.8, 4) is 0 Å². The number of hydrogen-bond donors (Lipinski definition) is 1. The summed E-state index contributed by atoms with van der Waals surface area (Å²) in [5.41, 5.74) is 0.0340. The van der Waals surface area contributed by atoms with Gasteiger partial charge in [0.25, 0.3) is 5.56 Å². The van der Waals surface area contributed by atoms with Crippen LogP contribution in [0.25, 0.3) is 0 Å². The van der Waals surface area contributed by atoms with Crippen LogP contribution in [0.1, 0.15) is 33.6 Å². The van der Waals surface area contributed by atoms with E-state index in [9.17, 15) is 4.79 Å². The van der Waals surface area contributed by atoms with Gasteiger partial charge in [-0.1, -0.05) is 6.92 Å². The van der Waals surface area contributed by atoms with Gasteiger partial charge in [0, 0.05) is 38.1 Å². The second kappa shape index (κ2) is 6.88. The van der Waals surface area contributed by atoms with Crippen molar-refractivity contribution < 1.29 is 0 Å². The van der Waals surface area contributed by atoms with Crippen molar-refractivity contribution in [3.05, 3.63) is 22.7 Å². The van der Waals surface area contributed by atoms with Gasteiger partial charge < -0.3 is 14.8 Å². The molecule has 1 N–H and O–H groups in total. The number of nitrogens with zero attached hydrogens (tertiary/aromatic N) is 3. The summed E-state index contributed by atoms with van der Waals surface area (Å²) in [7, 11) is 0. The number of aromatic nitrogens is 2. The molecule has 112 valence electrons. The quantitative estimate of drug-likeness (QED) is 0.886. The van der Waals surface area contributed by atoms with E-state index in [0.717, 1.165) is 26.1 Å². The molecule has 20 heavy (non-hydrogen) atoms. The van der Waals surface area contributed by atoms with Crippen molar-refractivity contribution in [2.45, 2.75) is 46.2 Å². The summed E-state index contributed by atoms with van der Waals surface area (Å²) in [5.74, 6) is 1.20. The molecule has 5 heteroatoms. The largest absolute Gasteiger partial charge is 0.352 e. The summed E-state index contributed by atoms with van der Waals surface area (Å²) >= 11 is 0. The monoisotopic (exact) mass is 278 g/mol. The topological polar surface area (TPSA) is 50.2 Å². The lowest BCUT2D eigenvalue weighted by atomic mass is 9.91. The van der Waals surface area contributed by atoms with Crippen molar-refractivity contribution in [1.82, 2.24) is 14.9 Å². The summed E-state index contributed by atoms with van der Waals surface area (Å²) in [4.78, 5) is 18.8. The maximum Gasteiger partial charge on any atom is 0.293 e. The first-order valence-corrected chi connectivity index (χ1v) is 7.71. The van der Waals surface area contributed by atoms with Crippen LogP contribution >= 0.6 is 0 Å². The van der Waals surface area contributed by atoms with E-state index < -0.39 is 0 Å². The van der Waals surface area contributed by atoms with Crippen LogP contribution in [0, 0.1) is 5.92 Å². The second-order valence-corrected chi connectivity index (χ2v) is 5.54. The predicted molar refractivity (Wildman–Crippen MR) is 82.2 cm³/mol. The van der Waals surface area contributed by atoms with Crippen LogP contribution < -0.4 is 15.8 Å². The third-order valence-electron chi connectivity index (χ3n) is 4.23. The van der Waals surface area contributed by atoms with E-state index in [-0.39, 0.29) is 5.56 Å². The Bertz CT molecular complexity index is 485. The standard InChI is InChI=1S/C15H26N4O/c1-4-16-12(3)13-7-6-9-19(11-13)14-15(20)18(5-2)10-8-17-14/h8,10,12-13,16H,4-7,9,11H2,1-3H3. The smallest absolute Gasteiger partial charge is 0.293 e. The third-order valence-corrected chi connectivity index (χ3v) is 4.23. The lowest BCUT2D eigenvalue weighted by Gasteiger charge is -2.36. The molecule has 2 unspecified atom stereocenters. The lowest BCUT2D eigenvalue weighted by Crippen LogP contribution is -2.46. The van der Waals surface area contributed by atoms with E-state index in [1.165, 1.54) is 6.42 Å². The Morgan fingerprint density at radius 2 is 2.30 bits per heavy atom. The Labute approximate surface area is 121 Å².